The van der Waals surface area contributed by atoms with E-state index in [1.165, 1.54) is 0 Å². The number of thiazole rings is 1. The number of nitrogens with one attached hydrogen (secondary N) is 1. The van der Waals surface area contributed by atoms with Crippen LogP contribution in [0.4, 0.5) is 0 Å². The SMILES string of the molecule is CCNC(=NCc1nc(C(C)C)cs1)N(C)C. The average Bonchev–Trinajstić information content (AvgIpc) is 2.72. The predicted molar refractivity (Wildman–Crippen MR) is 74.7 cm³/mol. The van der Waals surface area contributed by atoms with Gasteiger partial charge in [0.25, 0.3) is 0 Å². The van der Waals surface area contributed by atoms with Crippen LogP contribution < -0.4 is 5.32 Å². The highest BCUT2D eigenvalue weighted by Gasteiger charge is 2.06. The number of aromatic nitrogens is 1. The minimum absolute atomic E-state index is 0.492. The van der Waals surface area contributed by atoms with Crippen molar-refractivity contribution < 1.29 is 0 Å². The molecule has 0 radical (unpaired) electrons. The predicted octanol–water partition coefficient (Wildman–Crippen LogP) is 2.29. The Morgan fingerprint density at radius 2 is 2.24 bits per heavy atom. The third kappa shape index (κ3) is 4.34. The molecule has 5 heteroatoms. The van der Waals surface area contributed by atoms with Gasteiger partial charge in [-0.15, -0.1) is 11.3 Å². The lowest BCUT2D eigenvalue weighted by Gasteiger charge is -2.16. The molecule has 0 saturated heterocycles. The molecule has 1 aromatic rings. The number of guanidine groups is 1. The van der Waals surface area contributed by atoms with Crippen LogP contribution in [0.15, 0.2) is 10.4 Å². The molecule has 0 atom stereocenters. The van der Waals surface area contributed by atoms with Crippen LogP contribution in [0.5, 0.6) is 0 Å². The zero-order valence-corrected chi connectivity index (χ0v) is 12.1. The lowest BCUT2D eigenvalue weighted by molar-refractivity contribution is 0.583. The Kier molecular flexibility index (Phi) is 5.41. The molecule has 0 bridgehead atoms. The molecule has 0 spiro atoms. The van der Waals surface area contributed by atoms with Crippen LogP contribution in [0.2, 0.25) is 0 Å². The molecule has 4 nitrogen and oxygen atoms in total. The summed E-state index contributed by atoms with van der Waals surface area (Å²) in [4.78, 5) is 11.1. The van der Waals surface area contributed by atoms with E-state index in [0.29, 0.717) is 12.5 Å². The molecule has 0 fully saturated rings. The van der Waals surface area contributed by atoms with E-state index in [2.05, 4.69) is 41.4 Å². The first-order valence-corrected chi connectivity index (χ1v) is 6.82. The van der Waals surface area contributed by atoms with Crippen LogP contribution >= 0.6 is 11.3 Å². The minimum Gasteiger partial charge on any atom is -0.357 e. The second-order valence-electron chi connectivity index (χ2n) is 4.39. The summed E-state index contributed by atoms with van der Waals surface area (Å²) < 4.78 is 0. The molecule has 1 N–H and O–H groups in total. The maximum Gasteiger partial charge on any atom is 0.193 e. The Balaban J connectivity index is 2.66. The van der Waals surface area contributed by atoms with Gasteiger partial charge in [0.05, 0.1) is 12.2 Å². The van der Waals surface area contributed by atoms with Crippen molar-refractivity contribution in [2.75, 3.05) is 20.6 Å². The van der Waals surface area contributed by atoms with Gasteiger partial charge in [-0.25, -0.2) is 9.98 Å². The summed E-state index contributed by atoms with van der Waals surface area (Å²) >= 11 is 1.69. The molecular formula is C12H22N4S. The van der Waals surface area contributed by atoms with Gasteiger partial charge < -0.3 is 10.2 Å². The van der Waals surface area contributed by atoms with Crippen LogP contribution in [0.25, 0.3) is 0 Å². The van der Waals surface area contributed by atoms with Crippen LogP contribution in [0.1, 0.15) is 37.4 Å². The van der Waals surface area contributed by atoms with Gasteiger partial charge in [-0.3, -0.25) is 0 Å². The van der Waals surface area contributed by atoms with Crippen molar-refractivity contribution in [2.45, 2.75) is 33.2 Å². The second kappa shape index (κ2) is 6.59. The van der Waals surface area contributed by atoms with Gasteiger partial charge >= 0.3 is 0 Å². The summed E-state index contributed by atoms with van der Waals surface area (Å²) in [5, 5.41) is 6.43. The third-order valence-electron chi connectivity index (χ3n) is 2.28. The van der Waals surface area contributed by atoms with Crippen LogP contribution in [-0.2, 0) is 6.54 Å². The number of rotatable bonds is 4. The monoisotopic (exact) mass is 254 g/mol. The highest BCUT2D eigenvalue weighted by molar-refractivity contribution is 7.09. The van der Waals surface area contributed by atoms with E-state index < -0.39 is 0 Å². The lowest BCUT2D eigenvalue weighted by atomic mass is 10.2. The topological polar surface area (TPSA) is 40.5 Å². The molecule has 1 rings (SSSR count). The van der Waals surface area contributed by atoms with Gasteiger partial charge in [-0.05, 0) is 12.8 Å². The van der Waals surface area contributed by atoms with E-state index in [0.717, 1.165) is 23.2 Å². The van der Waals surface area contributed by atoms with Gasteiger partial charge in [0, 0.05) is 26.0 Å². The van der Waals surface area contributed by atoms with Crippen molar-refractivity contribution in [2.24, 2.45) is 4.99 Å². The number of hydrogen-bond donors (Lipinski definition) is 1. The first-order valence-electron chi connectivity index (χ1n) is 5.94. The van der Waals surface area contributed by atoms with Crippen molar-refractivity contribution in [3.8, 4) is 0 Å². The molecule has 0 unspecified atom stereocenters. The molecule has 0 amide bonds. The molecule has 0 aliphatic rings. The van der Waals surface area contributed by atoms with Crippen molar-refractivity contribution in [3.05, 3.63) is 16.1 Å². The fourth-order valence-corrected chi connectivity index (χ4v) is 2.20. The average molecular weight is 254 g/mol. The Morgan fingerprint density at radius 3 is 2.71 bits per heavy atom. The van der Waals surface area contributed by atoms with E-state index in [9.17, 15) is 0 Å². The molecule has 96 valence electrons. The number of hydrogen-bond acceptors (Lipinski definition) is 3. The first kappa shape index (κ1) is 14.0. The largest absolute Gasteiger partial charge is 0.357 e. The first-order chi connectivity index (χ1) is 8.04. The van der Waals surface area contributed by atoms with Crippen LogP contribution in [0.3, 0.4) is 0 Å². The Bertz CT molecular complexity index is 368. The number of aliphatic imine (C=N–C) groups is 1. The van der Waals surface area contributed by atoms with E-state index >= 15 is 0 Å². The van der Waals surface area contributed by atoms with Gasteiger partial charge in [-0.1, -0.05) is 13.8 Å². The van der Waals surface area contributed by atoms with Crippen molar-refractivity contribution in [1.29, 1.82) is 0 Å². The summed E-state index contributed by atoms with van der Waals surface area (Å²) in [7, 11) is 3.98. The molecule has 17 heavy (non-hydrogen) atoms. The zero-order chi connectivity index (χ0) is 12.8. The van der Waals surface area contributed by atoms with Crippen molar-refractivity contribution in [1.82, 2.24) is 15.2 Å². The van der Waals surface area contributed by atoms with E-state index in [1.54, 1.807) is 11.3 Å². The third-order valence-corrected chi connectivity index (χ3v) is 3.14. The maximum absolute atomic E-state index is 4.57. The summed E-state index contributed by atoms with van der Waals surface area (Å²) in [6.45, 7) is 7.92. The standard InChI is InChI=1S/C12H22N4S/c1-6-13-12(16(4)5)14-7-11-15-10(8-17-11)9(2)3/h8-9H,6-7H2,1-5H3,(H,13,14). The molecule has 0 aliphatic heterocycles. The zero-order valence-electron chi connectivity index (χ0n) is 11.3. The Labute approximate surface area is 108 Å². The molecule has 0 saturated carbocycles. The maximum atomic E-state index is 4.57. The molecular weight excluding hydrogens is 232 g/mol. The van der Waals surface area contributed by atoms with E-state index in [4.69, 9.17) is 0 Å². The number of nitrogens with zero attached hydrogens (tertiary/aromatic N) is 3. The highest BCUT2D eigenvalue weighted by Crippen LogP contribution is 2.18. The van der Waals surface area contributed by atoms with Crippen LogP contribution in [-0.4, -0.2) is 36.5 Å². The second-order valence-corrected chi connectivity index (χ2v) is 5.33. The van der Waals surface area contributed by atoms with Gasteiger partial charge in [0.15, 0.2) is 5.96 Å². The van der Waals surface area contributed by atoms with E-state index in [1.807, 2.05) is 19.0 Å². The van der Waals surface area contributed by atoms with Crippen molar-refractivity contribution >= 4 is 17.3 Å². The normalized spacial score (nSPS) is 12.0. The van der Waals surface area contributed by atoms with Gasteiger partial charge in [0.2, 0.25) is 0 Å². The van der Waals surface area contributed by atoms with Gasteiger partial charge in [0.1, 0.15) is 5.01 Å². The molecule has 1 heterocycles. The quantitative estimate of drug-likeness (QED) is 0.662. The lowest BCUT2D eigenvalue weighted by Crippen LogP contribution is -2.36. The fraction of sp³-hybridized carbons (Fsp3) is 0.667. The Morgan fingerprint density at radius 1 is 1.53 bits per heavy atom. The summed E-state index contributed by atoms with van der Waals surface area (Å²) in [5.74, 6) is 1.40. The van der Waals surface area contributed by atoms with E-state index in [-0.39, 0.29) is 0 Å². The molecule has 0 aliphatic carbocycles. The summed E-state index contributed by atoms with van der Waals surface area (Å²) in [5.41, 5.74) is 1.16. The smallest absolute Gasteiger partial charge is 0.193 e. The van der Waals surface area contributed by atoms with Crippen molar-refractivity contribution in [3.63, 3.8) is 0 Å². The minimum atomic E-state index is 0.492. The van der Waals surface area contributed by atoms with Gasteiger partial charge in [-0.2, -0.15) is 0 Å². The highest BCUT2D eigenvalue weighted by atomic mass is 32.1. The summed E-state index contributed by atoms with van der Waals surface area (Å²) in [6.07, 6.45) is 0. The summed E-state index contributed by atoms with van der Waals surface area (Å²) in [6, 6.07) is 0. The van der Waals surface area contributed by atoms with Crippen LogP contribution in [0, 0.1) is 0 Å². The molecule has 0 aromatic carbocycles. The molecule has 1 aromatic heterocycles. The fourth-order valence-electron chi connectivity index (χ4n) is 1.32. The Hall–Kier alpha value is -1.10.